The quantitative estimate of drug-likeness (QED) is 0.355. The Balaban J connectivity index is 1.52. The molecule has 0 unspecified atom stereocenters. The van der Waals surface area contributed by atoms with Gasteiger partial charge in [0.05, 0.1) is 23.9 Å². The summed E-state index contributed by atoms with van der Waals surface area (Å²) in [5.41, 5.74) is 7.54. The van der Waals surface area contributed by atoms with Crippen LogP contribution in [0.5, 0.6) is 0 Å². The highest BCUT2D eigenvalue weighted by molar-refractivity contribution is 8.13. The Kier molecular flexibility index (Phi) is 5.52. The van der Waals surface area contributed by atoms with Crippen LogP contribution in [0.25, 0.3) is 21.3 Å². The fourth-order valence-corrected chi connectivity index (χ4v) is 4.32. The molecule has 0 radical (unpaired) electrons. The number of aromatic nitrogens is 2. The predicted molar refractivity (Wildman–Crippen MR) is 116 cm³/mol. The molecular formula is C19H15ClN4O2S2. The summed E-state index contributed by atoms with van der Waals surface area (Å²) in [5, 5.41) is 3.58. The van der Waals surface area contributed by atoms with Crippen molar-refractivity contribution in [2.45, 2.75) is 12.3 Å². The van der Waals surface area contributed by atoms with Gasteiger partial charge < -0.3 is 15.1 Å². The molecule has 0 fully saturated rings. The molecule has 3 heterocycles. The van der Waals surface area contributed by atoms with Gasteiger partial charge in [-0.3, -0.25) is 9.79 Å². The Morgan fingerprint density at radius 2 is 2.14 bits per heavy atom. The van der Waals surface area contributed by atoms with Crippen molar-refractivity contribution in [2.75, 3.05) is 0 Å². The third-order valence-corrected chi connectivity index (χ3v) is 5.94. The number of benzene rings is 1. The Morgan fingerprint density at radius 1 is 1.32 bits per heavy atom. The normalized spacial score (nSPS) is 12.0. The number of thiophene rings is 1. The number of hydrogen-bond donors (Lipinski definition) is 2. The lowest BCUT2D eigenvalue weighted by Gasteiger charge is -2.03. The van der Waals surface area contributed by atoms with Crippen molar-refractivity contribution in [3.8, 4) is 11.1 Å². The van der Waals surface area contributed by atoms with E-state index >= 15 is 0 Å². The van der Waals surface area contributed by atoms with Gasteiger partial charge in [0.25, 0.3) is 5.56 Å². The second-order valence-corrected chi connectivity index (χ2v) is 8.16. The van der Waals surface area contributed by atoms with E-state index in [0.717, 1.165) is 16.9 Å². The van der Waals surface area contributed by atoms with Gasteiger partial charge in [-0.2, -0.15) is 0 Å². The van der Waals surface area contributed by atoms with E-state index in [1.807, 2.05) is 23.6 Å². The molecule has 0 saturated carbocycles. The zero-order valence-corrected chi connectivity index (χ0v) is 16.9. The summed E-state index contributed by atoms with van der Waals surface area (Å²) in [6.45, 7) is 0.379. The first kappa shape index (κ1) is 18.8. The first-order chi connectivity index (χ1) is 13.6. The number of thioether (sulfide) groups is 1. The summed E-state index contributed by atoms with van der Waals surface area (Å²) in [6, 6.07) is 11.0. The molecular weight excluding hydrogens is 416 g/mol. The molecule has 142 valence electrons. The first-order valence-corrected chi connectivity index (χ1v) is 10.6. The number of rotatable bonds is 5. The van der Waals surface area contributed by atoms with Gasteiger partial charge in [-0.15, -0.1) is 11.3 Å². The Labute approximate surface area is 173 Å². The Hall–Kier alpha value is -2.55. The summed E-state index contributed by atoms with van der Waals surface area (Å²) in [4.78, 5) is 25.0. The predicted octanol–water partition coefficient (Wildman–Crippen LogP) is 4.65. The number of aliphatic imine (C=N–C) groups is 1. The third-order valence-electron chi connectivity index (χ3n) is 3.98. The maximum absolute atomic E-state index is 12.6. The van der Waals surface area contributed by atoms with Crippen molar-refractivity contribution in [3.63, 3.8) is 0 Å². The van der Waals surface area contributed by atoms with E-state index in [1.165, 1.54) is 23.1 Å². The summed E-state index contributed by atoms with van der Waals surface area (Å²) in [5.74, 6) is 1.72. The molecule has 0 aliphatic heterocycles. The standard InChI is InChI=1S/C19H15ClN4O2S2/c20-12-5-3-11(4-6-12)14-9-27-18-16(14)17(25)23-15(24-18)10-28-19(21)22-8-13-2-1-7-26-13/h1-7,9H,8,10H2,(H2,21,22)(H,23,24,25). The van der Waals surface area contributed by atoms with Crippen LogP contribution in [0.1, 0.15) is 11.6 Å². The van der Waals surface area contributed by atoms with Crippen LogP contribution in [-0.4, -0.2) is 15.1 Å². The van der Waals surface area contributed by atoms with Crippen LogP contribution in [-0.2, 0) is 12.3 Å². The van der Waals surface area contributed by atoms with E-state index in [9.17, 15) is 4.79 Å². The minimum atomic E-state index is -0.169. The molecule has 1 aromatic carbocycles. The second-order valence-electron chi connectivity index (χ2n) is 5.87. The average Bonchev–Trinajstić information content (AvgIpc) is 3.35. The van der Waals surface area contributed by atoms with Gasteiger partial charge in [0.2, 0.25) is 0 Å². The lowest BCUT2D eigenvalue weighted by Crippen LogP contribution is -2.13. The molecule has 4 rings (SSSR count). The van der Waals surface area contributed by atoms with Gasteiger partial charge in [-0.25, -0.2) is 4.98 Å². The molecule has 0 bridgehead atoms. The van der Waals surface area contributed by atoms with Gasteiger partial charge in [-0.05, 0) is 29.8 Å². The highest BCUT2D eigenvalue weighted by atomic mass is 35.5. The average molecular weight is 431 g/mol. The number of nitrogens with one attached hydrogen (secondary N) is 1. The van der Waals surface area contributed by atoms with Crippen molar-refractivity contribution >= 4 is 50.1 Å². The van der Waals surface area contributed by atoms with Crippen molar-refractivity contribution in [1.29, 1.82) is 0 Å². The SMILES string of the molecule is NC(=NCc1ccco1)SCc1nc2scc(-c3ccc(Cl)cc3)c2c(=O)[nH]1. The minimum absolute atomic E-state index is 0.169. The number of furan rings is 1. The number of aromatic amines is 1. The third kappa shape index (κ3) is 4.14. The highest BCUT2D eigenvalue weighted by Gasteiger charge is 2.13. The summed E-state index contributed by atoms with van der Waals surface area (Å²) in [6.07, 6.45) is 1.59. The van der Waals surface area contributed by atoms with E-state index in [1.54, 1.807) is 24.5 Å². The molecule has 0 amide bonds. The molecule has 0 aliphatic rings. The molecule has 3 N–H and O–H groups in total. The molecule has 0 aliphatic carbocycles. The molecule has 4 aromatic rings. The van der Waals surface area contributed by atoms with Gasteiger partial charge in [0.1, 0.15) is 16.4 Å². The van der Waals surface area contributed by atoms with Crippen LogP contribution in [0.15, 0.2) is 62.2 Å². The lowest BCUT2D eigenvalue weighted by atomic mass is 10.1. The van der Waals surface area contributed by atoms with Gasteiger partial charge >= 0.3 is 0 Å². The first-order valence-electron chi connectivity index (χ1n) is 8.31. The number of halogens is 1. The molecule has 3 aromatic heterocycles. The number of nitrogens with two attached hydrogens (primary N) is 1. The number of fused-ring (bicyclic) bond motifs is 1. The molecule has 9 heteroatoms. The minimum Gasteiger partial charge on any atom is -0.467 e. The van der Waals surface area contributed by atoms with Crippen molar-refractivity contribution in [3.05, 3.63) is 75.0 Å². The Morgan fingerprint density at radius 3 is 2.89 bits per heavy atom. The number of nitrogens with zero attached hydrogens (tertiary/aromatic N) is 2. The maximum Gasteiger partial charge on any atom is 0.260 e. The lowest BCUT2D eigenvalue weighted by molar-refractivity contribution is 0.513. The monoisotopic (exact) mass is 430 g/mol. The van der Waals surface area contributed by atoms with Crippen LogP contribution < -0.4 is 11.3 Å². The molecule has 0 spiro atoms. The van der Waals surface area contributed by atoms with E-state index in [2.05, 4.69) is 15.0 Å². The molecule has 0 saturated heterocycles. The van der Waals surface area contributed by atoms with E-state index in [0.29, 0.717) is 38.5 Å². The molecule has 0 atom stereocenters. The van der Waals surface area contributed by atoms with Crippen molar-refractivity contribution < 1.29 is 4.42 Å². The van der Waals surface area contributed by atoms with E-state index < -0.39 is 0 Å². The van der Waals surface area contributed by atoms with Crippen molar-refractivity contribution in [2.24, 2.45) is 10.7 Å². The molecule has 28 heavy (non-hydrogen) atoms. The van der Waals surface area contributed by atoms with Crippen molar-refractivity contribution in [1.82, 2.24) is 9.97 Å². The fraction of sp³-hybridized carbons (Fsp3) is 0.105. The van der Waals surface area contributed by atoms with Crippen LogP contribution in [0.2, 0.25) is 5.02 Å². The number of amidine groups is 1. The topological polar surface area (TPSA) is 97.3 Å². The van der Waals surface area contributed by atoms with E-state index in [4.69, 9.17) is 21.8 Å². The maximum atomic E-state index is 12.6. The van der Waals surface area contributed by atoms with E-state index in [-0.39, 0.29) is 5.56 Å². The highest BCUT2D eigenvalue weighted by Crippen LogP contribution is 2.31. The van der Waals surface area contributed by atoms with Gasteiger partial charge in [0.15, 0.2) is 5.17 Å². The van der Waals surface area contributed by atoms with Gasteiger partial charge in [-0.1, -0.05) is 35.5 Å². The smallest absolute Gasteiger partial charge is 0.260 e. The molecule has 6 nitrogen and oxygen atoms in total. The number of hydrogen-bond acceptors (Lipinski definition) is 6. The Bertz CT molecular complexity index is 1180. The van der Waals surface area contributed by atoms with Gasteiger partial charge in [0, 0.05) is 16.0 Å². The summed E-state index contributed by atoms with van der Waals surface area (Å²) < 4.78 is 5.22. The summed E-state index contributed by atoms with van der Waals surface area (Å²) in [7, 11) is 0. The van der Waals surface area contributed by atoms with Crippen LogP contribution >= 0.6 is 34.7 Å². The zero-order chi connectivity index (χ0) is 19.5. The largest absolute Gasteiger partial charge is 0.467 e. The summed E-state index contributed by atoms with van der Waals surface area (Å²) >= 11 is 8.70. The fourth-order valence-electron chi connectivity index (χ4n) is 2.65. The van der Waals surface area contributed by atoms with Crippen LogP contribution in [0.4, 0.5) is 0 Å². The number of H-pyrrole nitrogens is 1. The zero-order valence-electron chi connectivity index (χ0n) is 14.5. The van der Waals surface area contributed by atoms with Crippen LogP contribution in [0, 0.1) is 0 Å². The van der Waals surface area contributed by atoms with Crippen LogP contribution in [0.3, 0.4) is 0 Å². The second kappa shape index (κ2) is 8.22.